The number of hydrogen-bond donors (Lipinski definition) is 1. The predicted octanol–water partition coefficient (Wildman–Crippen LogP) is 3.01. The molecule has 1 aromatic rings. The molecule has 1 aliphatic carbocycles. The van der Waals surface area contributed by atoms with E-state index in [0.717, 1.165) is 18.7 Å². The number of aromatic nitrogens is 2. The van der Waals surface area contributed by atoms with Crippen molar-refractivity contribution in [2.45, 2.75) is 51.5 Å². The van der Waals surface area contributed by atoms with Crippen LogP contribution in [-0.2, 0) is 0 Å². The van der Waals surface area contributed by atoms with Gasteiger partial charge in [-0.25, -0.2) is 9.97 Å². The van der Waals surface area contributed by atoms with Crippen LogP contribution in [-0.4, -0.2) is 22.1 Å². The molecule has 4 nitrogen and oxygen atoms in total. The highest BCUT2D eigenvalue weighted by molar-refractivity contribution is 5.41. The zero-order valence-corrected chi connectivity index (χ0v) is 10.7. The first-order valence-electron chi connectivity index (χ1n) is 6.51. The Morgan fingerprint density at radius 1 is 1.35 bits per heavy atom. The molecule has 0 bridgehead atoms. The van der Waals surface area contributed by atoms with Gasteiger partial charge in [0, 0.05) is 11.6 Å². The van der Waals surface area contributed by atoms with E-state index in [1.165, 1.54) is 19.3 Å². The van der Waals surface area contributed by atoms with Crippen LogP contribution in [0.1, 0.15) is 46.0 Å². The van der Waals surface area contributed by atoms with Crippen LogP contribution in [0.5, 0.6) is 5.88 Å². The summed E-state index contributed by atoms with van der Waals surface area (Å²) < 4.78 is 5.50. The zero-order valence-electron chi connectivity index (χ0n) is 10.7. The maximum Gasteiger partial charge on any atom is 0.218 e. The summed E-state index contributed by atoms with van der Waals surface area (Å²) in [4.78, 5) is 8.36. The van der Waals surface area contributed by atoms with E-state index in [0.29, 0.717) is 12.5 Å². The van der Waals surface area contributed by atoms with Gasteiger partial charge in [0.05, 0.1) is 6.61 Å². The maximum atomic E-state index is 5.50. The fourth-order valence-electron chi connectivity index (χ4n) is 2.14. The second-order valence-electron chi connectivity index (χ2n) is 4.70. The van der Waals surface area contributed by atoms with Gasteiger partial charge in [-0.15, -0.1) is 0 Å². The van der Waals surface area contributed by atoms with Gasteiger partial charge < -0.3 is 10.1 Å². The molecule has 1 aliphatic rings. The summed E-state index contributed by atoms with van der Waals surface area (Å²) in [6.07, 6.45) is 7.48. The van der Waals surface area contributed by atoms with Gasteiger partial charge in [0.15, 0.2) is 0 Å². The smallest absolute Gasteiger partial charge is 0.218 e. The van der Waals surface area contributed by atoms with Crippen LogP contribution in [0.4, 0.5) is 5.82 Å². The fraction of sp³-hybridized carbons (Fsp3) is 0.692. The summed E-state index contributed by atoms with van der Waals surface area (Å²) in [5.74, 6) is 1.54. The molecule has 0 aromatic carbocycles. The second-order valence-corrected chi connectivity index (χ2v) is 4.70. The lowest BCUT2D eigenvalue weighted by atomic mass is 9.75. The van der Waals surface area contributed by atoms with E-state index in [-0.39, 0.29) is 5.54 Å². The van der Waals surface area contributed by atoms with Crippen LogP contribution in [0.15, 0.2) is 12.4 Å². The second kappa shape index (κ2) is 5.34. The minimum atomic E-state index is 0.260. The van der Waals surface area contributed by atoms with E-state index in [4.69, 9.17) is 4.74 Å². The summed E-state index contributed by atoms with van der Waals surface area (Å²) in [6.45, 7) is 5.01. The van der Waals surface area contributed by atoms with Crippen molar-refractivity contribution in [2.75, 3.05) is 11.9 Å². The standard InChI is InChI=1S/C13H21N3O/c1-3-8-17-12-9-11(14-10-15-12)16-13(4-2)6-5-7-13/h9-10H,3-8H2,1-2H3,(H,14,15,16). The molecule has 0 amide bonds. The van der Waals surface area contributed by atoms with Gasteiger partial charge in [-0.1, -0.05) is 13.8 Å². The van der Waals surface area contributed by atoms with Crippen molar-refractivity contribution >= 4 is 5.82 Å². The number of anilines is 1. The number of hydrogen-bond acceptors (Lipinski definition) is 4. The van der Waals surface area contributed by atoms with Gasteiger partial charge in [-0.3, -0.25) is 0 Å². The monoisotopic (exact) mass is 235 g/mol. The molecule has 1 aromatic heterocycles. The van der Waals surface area contributed by atoms with Crippen molar-refractivity contribution in [1.29, 1.82) is 0 Å². The Morgan fingerprint density at radius 3 is 2.76 bits per heavy atom. The van der Waals surface area contributed by atoms with Crippen LogP contribution in [0.2, 0.25) is 0 Å². The molecule has 1 N–H and O–H groups in total. The molecule has 0 saturated heterocycles. The van der Waals surface area contributed by atoms with Crippen LogP contribution in [0.3, 0.4) is 0 Å². The van der Waals surface area contributed by atoms with E-state index in [1.807, 2.05) is 6.07 Å². The Labute approximate surface area is 103 Å². The molecule has 1 fully saturated rings. The molecular weight excluding hydrogens is 214 g/mol. The Morgan fingerprint density at radius 2 is 2.18 bits per heavy atom. The van der Waals surface area contributed by atoms with Crippen LogP contribution < -0.4 is 10.1 Å². The number of nitrogens with zero attached hydrogens (tertiary/aromatic N) is 2. The number of ether oxygens (including phenoxy) is 1. The van der Waals surface area contributed by atoms with Gasteiger partial charge in [-0.05, 0) is 32.1 Å². The molecule has 4 heteroatoms. The molecule has 94 valence electrons. The lowest BCUT2D eigenvalue weighted by Crippen LogP contribution is -2.44. The highest BCUT2D eigenvalue weighted by atomic mass is 16.5. The van der Waals surface area contributed by atoms with E-state index < -0.39 is 0 Å². The van der Waals surface area contributed by atoms with Crippen molar-refractivity contribution < 1.29 is 4.74 Å². The van der Waals surface area contributed by atoms with E-state index in [9.17, 15) is 0 Å². The van der Waals surface area contributed by atoms with Gasteiger partial charge in [-0.2, -0.15) is 0 Å². The van der Waals surface area contributed by atoms with Crippen LogP contribution >= 0.6 is 0 Å². The summed E-state index contributed by atoms with van der Waals surface area (Å²) >= 11 is 0. The number of rotatable bonds is 6. The molecule has 17 heavy (non-hydrogen) atoms. The molecule has 0 atom stereocenters. The van der Waals surface area contributed by atoms with Gasteiger partial charge >= 0.3 is 0 Å². The Hall–Kier alpha value is -1.32. The average Bonchev–Trinajstić information content (AvgIpc) is 2.32. The summed E-state index contributed by atoms with van der Waals surface area (Å²) in [7, 11) is 0. The predicted molar refractivity (Wildman–Crippen MR) is 68.3 cm³/mol. The highest BCUT2D eigenvalue weighted by Gasteiger charge is 2.35. The van der Waals surface area contributed by atoms with E-state index >= 15 is 0 Å². The molecule has 1 heterocycles. The minimum Gasteiger partial charge on any atom is -0.478 e. The van der Waals surface area contributed by atoms with Crippen LogP contribution in [0.25, 0.3) is 0 Å². The number of nitrogens with one attached hydrogen (secondary N) is 1. The zero-order chi connectivity index (χ0) is 12.1. The van der Waals surface area contributed by atoms with Crippen molar-refractivity contribution in [1.82, 2.24) is 9.97 Å². The summed E-state index contributed by atoms with van der Waals surface area (Å²) in [5.41, 5.74) is 0.260. The average molecular weight is 235 g/mol. The Kier molecular flexibility index (Phi) is 3.82. The van der Waals surface area contributed by atoms with E-state index in [2.05, 4.69) is 29.1 Å². The third kappa shape index (κ3) is 2.87. The summed E-state index contributed by atoms with van der Waals surface area (Å²) in [5, 5.41) is 3.53. The third-order valence-corrected chi connectivity index (χ3v) is 3.48. The third-order valence-electron chi connectivity index (χ3n) is 3.48. The first-order chi connectivity index (χ1) is 8.28. The Bertz CT molecular complexity index is 358. The molecular formula is C13H21N3O. The SMILES string of the molecule is CCCOc1cc(NC2(CC)CCC2)ncn1. The van der Waals surface area contributed by atoms with Gasteiger partial charge in [0.2, 0.25) is 5.88 Å². The lowest BCUT2D eigenvalue weighted by Gasteiger charge is -2.42. The van der Waals surface area contributed by atoms with Crippen molar-refractivity contribution in [3.05, 3.63) is 12.4 Å². The van der Waals surface area contributed by atoms with Crippen LogP contribution in [0, 0.1) is 0 Å². The molecule has 0 spiro atoms. The molecule has 0 aliphatic heterocycles. The first-order valence-corrected chi connectivity index (χ1v) is 6.51. The maximum absolute atomic E-state index is 5.50. The normalized spacial score (nSPS) is 17.3. The molecule has 0 unspecified atom stereocenters. The highest BCUT2D eigenvalue weighted by Crippen LogP contribution is 2.37. The first kappa shape index (κ1) is 12.1. The topological polar surface area (TPSA) is 47.0 Å². The van der Waals surface area contributed by atoms with Crippen molar-refractivity contribution in [3.63, 3.8) is 0 Å². The van der Waals surface area contributed by atoms with Gasteiger partial charge in [0.25, 0.3) is 0 Å². The summed E-state index contributed by atoms with van der Waals surface area (Å²) in [6, 6.07) is 1.89. The van der Waals surface area contributed by atoms with Crippen molar-refractivity contribution in [2.24, 2.45) is 0 Å². The minimum absolute atomic E-state index is 0.260. The lowest BCUT2D eigenvalue weighted by molar-refractivity contribution is 0.268. The molecule has 2 rings (SSSR count). The van der Waals surface area contributed by atoms with Crippen molar-refractivity contribution in [3.8, 4) is 5.88 Å². The van der Waals surface area contributed by atoms with E-state index in [1.54, 1.807) is 6.33 Å². The Balaban J connectivity index is 2.00. The quantitative estimate of drug-likeness (QED) is 0.823. The molecule has 0 radical (unpaired) electrons. The largest absolute Gasteiger partial charge is 0.478 e. The fourth-order valence-corrected chi connectivity index (χ4v) is 2.14. The van der Waals surface area contributed by atoms with Gasteiger partial charge in [0.1, 0.15) is 12.1 Å². The molecule has 1 saturated carbocycles.